The summed E-state index contributed by atoms with van der Waals surface area (Å²) in [5.74, 6) is 0.426. The lowest BCUT2D eigenvalue weighted by Gasteiger charge is -2.37. The van der Waals surface area contributed by atoms with Crippen LogP contribution in [0.2, 0.25) is 0 Å². The second-order valence-electron chi connectivity index (χ2n) is 4.28. The molecule has 2 fully saturated rings. The summed E-state index contributed by atoms with van der Waals surface area (Å²) in [6.07, 6.45) is 4.99. The van der Waals surface area contributed by atoms with Gasteiger partial charge in [-0.25, -0.2) is 0 Å². The molecule has 74 valence electrons. The maximum atomic E-state index is 11.2. The van der Waals surface area contributed by atoms with Crippen molar-refractivity contribution >= 4 is 5.78 Å². The van der Waals surface area contributed by atoms with Gasteiger partial charge in [-0.15, -0.1) is 0 Å². The Morgan fingerprint density at radius 1 is 1.15 bits per heavy atom. The monoisotopic (exact) mass is 182 g/mol. The maximum absolute atomic E-state index is 11.2. The van der Waals surface area contributed by atoms with Gasteiger partial charge < -0.3 is 10.6 Å². The molecule has 0 aliphatic carbocycles. The molecule has 0 bridgehead atoms. The summed E-state index contributed by atoms with van der Waals surface area (Å²) in [5.41, 5.74) is 0.240. The third-order valence-corrected chi connectivity index (χ3v) is 3.26. The lowest BCUT2D eigenvalue weighted by molar-refractivity contribution is -0.118. The van der Waals surface area contributed by atoms with E-state index in [9.17, 15) is 4.79 Å². The number of Topliss-reactive ketones (excluding diaryl/α,β-unsaturated/α-hetero) is 1. The van der Waals surface area contributed by atoms with Crippen molar-refractivity contribution in [2.75, 3.05) is 19.6 Å². The molecule has 3 heteroatoms. The fourth-order valence-corrected chi connectivity index (χ4v) is 2.39. The quantitative estimate of drug-likeness (QED) is 0.571. The second-order valence-corrected chi connectivity index (χ2v) is 4.28. The lowest BCUT2D eigenvalue weighted by atomic mass is 9.86. The van der Waals surface area contributed by atoms with Gasteiger partial charge in [-0.05, 0) is 25.8 Å². The van der Waals surface area contributed by atoms with Gasteiger partial charge in [-0.2, -0.15) is 0 Å². The Hall–Kier alpha value is -0.410. The molecule has 13 heavy (non-hydrogen) atoms. The summed E-state index contributed by atoms with van der Waals surface area (Å²) in [4.78, 5) is 11.2. The summed E-state index contributed by atoms with van der Waals surface area (Å²) < 4.78 is 0. The van der Waals surface area contributed by atoms with Gasteiger partial charge in [0.15, 0.2) is 0 Å². The van der Waals surface area contributed by atoms with Crippen molar-refractivity contribution in [2.24, 2.45) is 0 Å². The van der Waals surface area contributed by atoms with E-state index in [0.29, 0.717) is 5.78 Å². The van der Waals surface area contributed by atoms with Crippen LogP contribution < -0.4 is 10.6 Å². The fourth-order valence-electron chi connectivity index (χ4n) is 2.39. The SMILES string of the molecule is O=C1CCNC2(CCCNC2)CC1. The highest BCUT2D eigenvalue weighted by atomic mass is 16.1. The summed E-state index contributed by atoms with van der Waals surface area (Å²) in [6.45, 7) is 3.05. The van der Waals surface area contributed by atoms with Gasteiger partial charge in [-0.1, -0.05) is 0 Å². The van der Waals surface area contributed by atoms with E-state index in [4.69, 9.17) is 0 Å². The number of piperidine rings is 1. The predicted molar refractivity (Wildman–Crippen MR) is 51.7 cm³/mol. The van der Waals surface area contributed by atoms with Crippen LogP contribution in [0.25, 0.3) is 0 Å². The molecule has 1 atom stereocenters. The number of hydrogen-bond donors (Lipinski definition) is 2. The Morgan fingerprint density at radius 3 is 2.85 bits per heavy atom. The van der Waals surface area contributed by atoms with Crippen molar-refractivity contribution < 1.29 is 4.79 Å². The highest BCUT2D eigenvalue weighted by molar-refractivity contribution is 5.79. The number of hydrogen-bond acceptors (Lipinski definition) is 3. The normalized spacial score (nSPS) is 36.2. The number of nitrogens with one attached hydrogen (secondary N) is 2. The van der Waals surface area contributed by atoms with E-state index < -0.39 is 0 Å². The zero-order chi connectivity index (χ0) is 9.15. The Kier molecular flexibility index (Phi) is 2.65. The molecule has 3 nitrogen and oxygen atoms in total. The van der Waals surface area contributed by atoms with Crippen LogP contribution in [-0.4, -0.2) is 31.0 Å². The first-order valence-electron chi connectivity index (χ1n) is 5.28. The minimum atomic E-state index is 0.240. The standard InChI is InChI=1S/C10H18N2O/c13-9-2-5-10(12-7-3-9)4-1-6-11-8-10/h11-12H,1-8H2. The molecule has 2 N–H and O–H groups in total. The zero-order valence-corrected chi connectivity index (χ0v) is 8.07. The number of ketones is 1. The second kappa shape index (κ2) is 3.76. The molecule has 0 aromatic heterocycles. The van der Waals surface area contributed by atoms with Crippen molar-refractivity contribution in [2.45, 2.75) is 37.6 Å². The molecule has 0 aromatic rings. The van der Waals surface area contributed by atoms with Crippen LogP contribution in [-0.2, 0) is 4.79 Å². The van der Waals surface area contributed by atoms with Crippen LogP contribution >= 0.6 is 0 Å². The summed E-state index contributed by atoms with van der Waals surface area (Å²) in [6, 6.07) is 0. The van der Waals surface area contributed by atoms with E-state index >= 15 is 0 Å². The molecule has 1 spiro atoms. The third-order valence-electron chi connectivity index (χ3n) is 3.26. The number of carbonyl (C=O) groups is 1. The van der Waals surface area contributed by atoms with Crippen molar-refractivity contribution in [3.05, 3.63) is 0 Å². The summed E-state index contributed by atoms with van der Waals surface area (Å²) in [5, 5.41) is 6.96. The van der Waals surface area contributed by atoms with E-state index in [1.54, 1.807) is 0 Å². The zero-order valence-electron chi connectivity index (χ0n) is 8.07. The fraction of sp³-hybridized carbons (Fsp3) is 0.900. The maximum Gasteiger partial charge on any atom is 0.134 e. The molecule has 0 radical (unpaired) electrons. The molecular weight excluding hydrogens is 164 g/mol. The van der Waals surface area contributed by atoms with Gasteiger partial charge in [0.2, 0.25) is 0 Å². The first-order valence-corrected chi connectivity index (χ1v) is 5.28. The molecular formula is C10H18N2O. The van der Waals surface area contributed by atoms with E-state index in [1.165, 1.54) is 12.8 Å². The largest absolute Gasteiger partial charge is 0.315 e. The van der Waals surface area contributed by atoms with Gasteiger partial charge >= 0.3 is 0 Å². The Bertz CT molecular complexity index is 197. The third kappa shape index (κ3) is 2.09. The van der Waals surface area contributed by atoms with Gasteiger partial charge in [0.25, 0.3) is 0 Å². The van der Waals surface area contributed by atoms with Gasteiger partial charge in [0.1, 0.15) is 5.78 Å². The van der Waals surface area contributed by atoms with Gasteiger partial charge in [0, 0.05) is 31.5 Å². The molecule has 0 amide bonds. The molecule has 2 heterocycles. The van der Waals surface area contributed by atoms with Crippen molar-refractivity contribution in [3.8, 4) is 0 Å². The van der Waals surface area contributed by atoms with Crippen molar-refractivity contribution in [1.82, 2.24) is 10.6 Å². The topological polar surface area (TPSA) is 41.1 Å². The average molecular weight is 182 g/mol. The Morgan fingerprint density at radius 2 is 2.08 bits per heavy atom. The molecule has 2 saturated heterocycles. The smallest absolute Gasteiger partial charge is 0.134 e. The highest BCUT2D eigenvalue weighted by Gasteiger charge is 2.33. The molecule has 2 aliphatic rings. The molecule has 2 rings (SSSR count). The van der Waals surface area contributed by atoms with Crippen molar-refractivity contribution in [3.63, 3.8) is 0 Å². The number of carbonyl (C=O) groups excluding carboxylic acids is 1. The van der Waals surface area contributed by atoms with Crippen LogP contribution in [0.3, 0.4) is 0 Å². The van der Waals surface area contributed by atoms with Gasteiger partial charge in [-0.3, -0.25) is 4.79 Å². The Balaban J connectivity index is 1.99. The van der Waals surface area contributed by atoms with E-state index in [0.717, 1.165) is 38.9 Å². The average Bonchev–Trinajstić information content (AvgIpc) is 2.32. The summed E-state index contributed by atoms with van der Waals surface area (Å²) in [7, 11) is 0. The van der Waals surface area contributed by atoms with Crippen LogP contribution in [0.4, 0.5) is 0 Å². The number of rotatable bonds is 0. The van der Waals surface area contributed by atoms with E-state index in [2.05, 4.69) is 10.6 Å². The minimum Gasteiger partial charge on any atom is -0.315 e. The summed E-state index contributed by atoms with van der Waals surface area (Å²) >= 11 is 0. The van der Waals surface area contributed by atoms with Crippen LogP contribution in [0.5, 0.6) is 0 Å². The van der Waals surface area contributed by atoms with Crippen LogP contribution in [0.15, 0.2) is 0 Å². The minimum absolute atomic E-state index is 0.240. The van der Waals surface area contributed by atoms with Crippen LogP contribution in [0.1, 0.15) is 32.1 Å². The predicted octanol–water partition coefficient (Wildman–Crippen LogP) is 0.451. The first kappa shape index (κ1) is 9.16. The van der Waals surface area contributed by atoms with E-state index in [-0.39, 0.29) is 5.54 Å². The highest BCUT2D eigenvalue weighted by Crippen LogP contribution is 2.24. The first-order chi connectivity index (χ1) is 6.31. The van der Waals surface area contributed by atoms with Gasteiger partial charge in [0.05, 0.1) is 0 Å². The van der Waals surface area contributed by atoms with E-state index in [1.807, 2.05) is 0 Å². The molecule has 0 saturated carbocycles. The molecule has 1 unspecified atom stereocenters. The van der Waals surface area contributed by atoms with Crippen LogP contribution in [0, 0.1) is 0 Å². The molecule has 0 aromatic carbocycles. The Labute approximate surface area is 79.3 Å². The van der Waals surface area contributed by atoms with Crippen molar-refractivity contribution in [1.29, 1.82) is 0 Å². The molecule has 2 aliphatic heterocycles. The lowest BCUT2D eigenvalue weighted by Crippen LogP contribution is -2.55.